The van der Waals surface area contributed by atoms with Crippen molar-refractivity contribution in [3.63, 3.8) is 0 Å². The number of carbonyl (C=O) groups excluding carboxylic acids is 2. The van der Waals surface area contributed by atoms with Crippen LogP contribution in [0.5, 0.6) is 0 Å². The number of carbonyl (C=O) groups is 2. The van der Waals surface area contributed by atoms with Gasteiger partial charge in [-0.1, -0.05) is 30.3 Å². The average Bonchev–Trinajstić information content (AvgIpc) is 3.16. The molecule has 1 aliphatic rings. The summed E-state index contributed by atoms with van der Waals surface area (Å²) in [7, 11) is 1.34. The molecule has 1 saturated carbocycles. The van der Waals surface area contributed by atoms with Gasteiger partial charge in [0.1, 0.15) is 6.61 Å². The van der Waals surface area contributed by atoms with Gasteiger partial charge in [0, 0.05) is 6.04 Å². The van der Waals surface area contributed by atoms with Crippen molar-refractivity contribution in [1.29, 1.82) is 0 Å². The number of methoxy groups -OCH3 is 1. The van der Waals surface area contributed by atoms with E-state index >= 15 is 0 Å². The number of ether oxygens (including phenoxy) is 2. The standard InChI is InChI=1S/C13H15NO4/c1-17-12(15)10-7-11(10)14-13(16)18-8-9-5-3-2-4-6-9/h2-6,10-11H,7-8H2,1H3,(H,14,16)/t10-,11+/m1/s1. The molecular weight excluding hydrogens is 234 g/mol. The molecule has 1 aromatic rings. The lowest BCUT2D eigenvalue weighted by Gasteiger charge is -2.06. The maximum atomic E-state index is 11.4. The molecule has 18 heavy (non-hydrogen) atoms. The van der Waals surface area contributed by atoms with Gasteiger partial charge in [0.15, 0.2) is 0 Å². The van der Waals surface area contributed by atoms with Crippen LogP contribution in [0.4, 0.5) is 4.79 Å². The van der Waals surface area contributed by atoms with Crippen LogP contribution in [0.25, 0.3) is 0 Å². The summed E-state index contributed by atoms with van der Waals surface area (Å²) in [5.74, 6) is -0.511. The zero-order valence-corrected chi connectivity index (χ0v) is 10.1. The van der Waals surface area contributed by atoms with Gasteiger partial charge in [-0.2, -0.15) is 0 Å². The Balaban J connectivity index is 1.69. The monoisotopic (exact) mass is 249 g/mol. The maximum Gasteiger partial charge on any atom is 0.407 e. The van der Waals surface area contributed by atoms with E-state index in [9.17, 15) is 9.59 Å². The molecule has 0 spiro atoms. The van der Waals surface area contributed by atoms with Gasteiger partial charge >= 0.3 is 12.1 Å². The molecule has 0 saturated heterocycles. The average molecular weight is 249 g/mol. The summed E-state index contributed by atoms with van der Waals surface area (Å²) < 4.78 is 9.62. The third-order valence-corrected chi connectivity index (χ3v) is 2.81. The van der Waals surface area contributed by atoms with Crippen molar-refractivity contribution in [1.82, 2.24) is 5.32 Å². The molecule has 5 nitrogen and oxygen atoms in total. The van der Waals surface area contributed by atoms with Crippen LogP contribution in [0, 0.1) is 5.92 Å². The molecular formula is C13H15NO4. The molecule has 2 atom stereocenters. The maximum absolute atomic E-state index is 11.4. The number of hydrogen-bond donors (Lipinski definition) is 1. The second-order valence-corrected chi connectivity index (χ2v) is 4.18. The van der Waals surface area contributed by atoms with E-state index in [1.54, 1.807) is 0 Å². The predicted octanol–water partition coefficient (Wildman–Crippen LogP) is 1.47. The molecule has 1 fully saturated rings. The number of nitrogens with one attached hydrogen (secondary N) is 1. The molecule has 5 heteroatoms. The topological polar surface area (TPSA) is 64.6 Å². The number of esters is 1. The SMILES string of the molecule is COC(=O)[C@@H]1C[C@@H]1NC(=O)OCc1ccccc1. The number of hydrogen-bond acceptors (Lipinski definition) is 4. The molecule has 0 aliphatic heterocycles. The van der Waals surface area contributed by atoms with Crippen LogP contribution in [-0.4, -0.2) is 25.2 Å². The van der Waals surface area contributed by atoms with Crippen molar-refractivity contribution in [3.8, 4) is 0 Å². The molecule has 2 rings (SSSR count). The lowest BCUT2D eigenvalue weighted by atomic mass is 10.2. The number of benzene rings is 1. The zero-order chi connectivity index (χ0) is 13.0. The minimum absolute atomic E-state index is 0.152. The van der Waals surface area contributed by atoms with E-state index in [0.717, 1.165) is 5.56 Å². The van der Waals surface area contributed by atoms with Crippen molar-refractivity contribution in [2.75, 3.05) is 7.11 Å². The molecule has 1 aromatic carbocycles. The number of amides is 1. The number of alkyl carbamates (subject to hydrolysis) is 1. The quantitative estimate of drug-likeness (QED) is 0.821. The molecule has 0 heterocycles. The highest BCUT2D eigenvalue weighted by atomic mass is 16.5. The minimum Gasteiger partial charge on any atom is -0.469 e. The summed E-state index contributed by atoms with van der Waals surface area (Å²) in [6, 6.07) is 9.26. The van der Waals surface area contributed by atoms with Crippen LogP contribution in [0.2, 0.25) is 0 Å². The summed E-state index contributed by atoms with van der Waals surface area (Å²) in [5.41, 5.74) is 0.924. The van der Waals surface area contributed by atoms with Crippen molar-refractivity contribution < 1.29 is 19.1 Å². The van der Waals surface area contributed by atoms with Crippen LogP contribution in [0.1, 0.15) is 12.0 Å². The molecule has 1 N–H and O–H groups in total. The van der Waals surface area contributed by atoms with Crippen molar-refractivity contribution in [3.05, 3.63) is 35.9 Å². The van der Waals surface area contributed by atoms with Crippen LogP contribution >= 0.6 is 0 Å². The molecule has 0 bridgehead atoms. The van der Waals surface area contributed by atoms with Crippen LogP contribution < -0.4 is 5.32 Å². The summed E-state index contributed by atoms with van der Waals surface area (Å²) >= 11 is 0. The van der Waals surface area contributed by atoms with Gasteiger partial charge in [0.25, 0.3) is 0 Å². The van der Waals surface area contributed by atoms with E-state index in [0.29, 0.717) is 6.42 Å². The predicted molar refractivity (Wildman–Crippen MR) is 63.7 cm³/mol. The highest BCUT2D eigenvalue weighted by Gasteiger charge is 2.45. The second-order valence-electron chi connectivity index (χ2n) is 4.18. The Bertz CT molecular complexity index is 432. The largest absolute Gasteiger partial charge is 0.469 e. The fourth-order valence-corrected chi connectivity index (χ4v) is 1.68. The van der Waals surface area contributed by atoms with Crippen LogP contribution in [0.15, 0.2) is 30.3 Å². The lowest BCUT2D eigenvalue weighted by molar-refractivity contribution is -0.142. The zero-order valence-electron chi connectivity index (χ0n) is 10.1. The smallest absolute Gasteiger partial charge is 0.407 e. The number of rotatable bonds is 4. The van der Waals surface area contributed by atoms with Gasteiger partial charge in [-0.05, 0) is 12.0 Å². The van der Waals surface area contributed by atoms with Crippen molar-refractivity contribution >= 4 is 12.1 Å². The summed E-state index contributed by atoms with van der Waals surface area (Å²) in [5, 5.41) is 2.63. The van der Waals surface area contributed by atoms with Gasteiger partial charge in [0.05, 0.1) is 13.0 Å². The molecule has 0 radical (unpaired) electrons. The molecule has 0 aromatic heterocycles. The van der Waals surface area contributed by atoms with E-state index in [1.807, 2.05) is 30.3 Å². The van der Waals surface area contributed by atoms with E-state index < -0.39 is 6.09 Å². The molecule has 96 valence electrons. The van der Waals surface area contributed by atoms with E-state index in [-0.39, 0.29) is 24.5 Å². The summed E-state index contributed by atoms with van der Waals surface area (Å²) in [6.07, 6.45) is 0.114. The Labute approximate surface area is 105 Å². The second kappa shape index (κ2) is 5.53. The normalized spacial score (nSPS) is 20.9. The lowest BCUT2D eigenvalue weighted by Crippen LogP contribution is -2.28. The van der Waals surface area contributed by atoms with Gasteiger partial charge in [-0.15, -0.1) is 0 Å². The van der Waals surface area contributed by atoms with Gasteiger partial charge < -0.3 is 14.8 Å². The van der Waals surface area contributed by atoms with Crippen molar-refractivity contribution in [2.24, 2.45) is 5.92 Å². The van der Waals surface area contributed by atoms with Crippen LogP contribution in [-0.2, 0) is 20.9 Å². The van der Waals surface area contributed by atoms with Gasteiger partial charge in [0.2, 0.25) is 0 Å². The van der Waals surface area contributed by atoms with E-state index in [4.69, 9.17) is 4.74 Å². The third kappa shape index (κ3) is 3.23. The molecule has 1 amide bonds. The Kier molecular flexibility index (Phi) is 3.82. The fourth-order valence-electron chi connectivity index (χ4n) is 1.68. The van der Waals surface area contributed by atoms with Crippen LogP contribution in [0.3, 0.4) is 0 Å². The Morgan fingerprint density at radius 1 is 1.33 bits per heavy atom. The first-order valence-electron chi connectivity index (χ1n) is 5.75. The molecule has 0 unspecified atom stereocenters. The Morgan fingerprint density at radius 2 is 2.06 bits per heavy atom. The van der Waals surface area contributed by atoms with Gasteiger partial charge in [-0.25, -0.2) is 4.79 Å². The first-order valence-corrected chi connectivity index (χ1v) is 5.75. The Morgan fingerprint density at radius 3 is 2.72 bits per heavy atom. The van der Waals surface area contributed by atoms with E-state index in [1.165, 1.54) is 7.11 Å². The van der Waals surface area contributed by atoms with Crippen molar-refractivity contribution in [2.45, 2.75) is 19.1 Å². The summed E-state index contributed by atoms with van der Waals surface area (Å²) in [4.78, 5) is 22.6. The third-order valence-electron chi connectivity index (χ3n) is 2.81. The first-order chi connectivity index (χ1) is 8.70. The Hall–Kier alpha value is -2.04. The van der Waals surface area contributed by atoms with Gasteiger partial charge in [-0.3, -0.25) is 4.79 Å². The minimum atomic E-state index is -0.504. The molecule has 1 aliphatic carbocycles. The highest BCUT2D eigenvalue weighted by molar-refractivity contribution is 5.78. The first kappa shape index (κ1) is 12.4. The summed E-state index contributed by atoms with van der Waals surface area (Å²) in [6.45, 7) is 0.224. The highest BCUT2D eigenvalue weighted by Crippen LogP contribution is 2.31. The van der Waals surface area contributed by atoms with E-state index in [2.05, 4.69) is 10.1 Å². The fraction of sp³-hybridized carbons (Fsp3) is 0.385.